The van der Waals surface area contributed by atoms with Gasteiger partial charge in [-0.25, -0.2) is 8.42 Å². The van der Waals surface area contributed by atoms with Gasteiger partial charge in [-0.1, -0.05) is 20.8 Å². The molecule has 0 heterocycles. The van der Waals surface area contributed by atoms with E-state index in [0.29, 0.717) is 6.42 Å². The maximum atomic E-state index is 11.0. The van der Waals surface area contributed by atoms with E-state index < -0.39 is 9.84 Å². The summed E-state index contributed by atoms with van der Waals surface area (Å²) in [5.74, 6) is 5.60. The summed E-state index contributed by atoms with van der Waals surface area (Å²) in [5, 5.41) is 0. The Morgan fingerprint density at radius 1 is 1.43 bits per heavy atom. The molecular weight excluding hydrogens is 200 g/mol. The first-order valence-electron chi connectivity index (χ1n) is 4.87. The van der Waals surface area contributed by atoms with Gasteiger partial charge in [-0.15, -0.1) is 0 Å². The fraction of sp³-hybridized carbons (Fsp3) is 1.00. The van der Waals surface area contributed by atoms with E-state index in [2.05, 4.69) is 26.2 Å². The Hall–Kier alpha value is -0.130. The molecule has 0 aromatic rings. The quantitative estimate of drug-likeness (QED) is 0.512. The molecule has 0 fully saturated rings. The van der Waals surface area contributed by atoms with Gasteiger partial charge in [0.25, 0.3) is 0 Å². The Kier molecular flexibility index (Phi) is 5.05. The molecule has 0 aliphatic carbocycles. The van der Waals surface area contributed by atoms with Crippen molar-refractivity contribution in [3.05, 3.63) is 0 Å². The highest BCUT2D eigenvalue weighted by Gasteiger charge is 2.27. The van der Waals surface area contributed by atoms with E-state index in [1.54, 1.807) is 0 Å². The van der Waals surface area contributed by atoms with Crippen molar-refractivity contribution in [1.29, 1.82) is 0 Å². The molecule has 0 aromatic carbocycles. The van der Waals surface area contributed by atoms with Gasteiger partial charge in [0, 0.05) is 12.3 Å². The molecule has 5 heteroatoms. The number of rotatable bonds is 6. The van der Waals surface area contributed by atoms with Gasteiger partial charge in [0.15, 0.2) is 0 Å². The molecule has 1 atom stereocenters. The predicted octanol–water partition coefficient (Wildman–Crippen LogP) is 0.689. The molecule has 0 rings (SSSR count). The average molecular weight is 222 g/mol. The average Bonchev–Trinajstić information content (AvgIpc) is 2.03. The van der Waals surface area contributed by atoms with Crippen molar-refractivity contribution < 1.29 is 8.42 Å². The largest absolute Gasteiger partial charge is 0.271 e. The van der Waals surface area contributed by atoms with Crippen LogP contribution in [-0.4, -0.2) is 26.5 Å². The topological polar surface area (TPSA) is 72.2 Å². The Morgan fingerprint density at radius 3 is 2.21 bits per heavy atom. The smallest absolute Gasteiger partial charge is 0.147 e. The maximum absolute atomic E-state index is 11.0. The highest BCUT2D eigenvalue weighted by molar-refractivity contribution is 7.90. The normalized spacial score (nSPS) is 15.5. The molecule has 0 spiro atoms. The molecule has 0 aromatic heterocycles. The minimum atomic E-state index is -2.89. The van der Waals surface area contributed by atoms with Gasteiger partial charge in [0.05, 0.1) is 5.75 Å². The van der Waals surface area contributed by atoms with Crippen LogP contribution in [0.25, 0.3) is 0 Å². The van der Waals surface area contributed by atoms with E-state index in [0.717, 1.165) is 6.42 Å². The van der Waals surface area contributed by atoms with Crippen molar-refractivity contribution in [2.24, 2.45) is 11.3 Å². The van der Waals surface area contributed by atoms with Gasteiger partial charge in [-0.2, -0.15) is 0 Å². The molecule has 0 amide bonds. The van der Waals surface area contributed by atoms with Gasteiger partial charge in [0.1, 0.15) is 9.84 Å². The third kappa shape index (κ3) is 4.93. The SMILES string of the molecule is CCC(C)(C)C(CCS(C)(=O)=O)NN. The van der Waals surface area contributed by atoms with Crippen LogP contribution >= 0.6 is 0 Å². The zero-order chi connectivity index (χ0) is 11.4. The van der Waals surface area contributed by atoms with Crippen LogP contribution in [0.1, 0.15) is 33.6 Å². The van der Waals surface area contributed by atoms with Crippen LogP contribution in [0, 0.1) is 5.41 Å². The molecule has 0 aliphatic rings. The van der Waals surface area contributed by atoms with Crippen molar-refractivity contribution in [3.8, 4) is 0 Å². The Bertz CT molecular complexity index is 260. The number of hydrogen-bond acceptors (Lipinski definition) is 4. The fourth-order valence-electron chi connectivity index (χ4n) is 1.28. The van der Waals surface area contributed by atoms with E-state index in [1.165, 1.54) is 6.26 Å². The summed E-state index contributed by atoms with van der Waals surface area (Å²) >= 11 is 0. The predicted molar refractivity (Wildman–Crippen MR) is 59.5 cm³/mol. The minimum Gasteiger partial charge on any atom is -0.271 e. The zero-order valence-electron chi connectivity index (χ0n) is 9.50. The molecule has 86 valence electrons. The standard InChI is InChI=1S/C9H22N2O2S/c1-5-9(2,3)8(11-10)6-7-14(4,12)13/h8,11H,5-7,10H2,1-4H3. The van der Waals surface area contributed by atoms with Crippen LogP contribution in [0.2, 0.25) is 0 Å². The van der Waals surface area contributed by atoms with E-state index in [1.807, 2.05) is 0 Å². The second kappa shape index (κ2) is 5.09. The molecule has 3 N–H and O–H groups in total. The first kappa shape index (κ1) is 13.9. The highest BCUT2D eigenvalue weighted by atomic mass is 32.2. The highest BCUT2D eigenvalue weighted by Crippen LogP contribution is 2.26. The van der Waals surface area contributed by atoms with Crippen molar-refractivity contribution in [3.63, 3.8) is 0 Å². The van der Waals surface area contributed by atoms with Gasteiger partial charge in [0.2, 0.25) is 0 Å². The van der Waals surface area contributed by atoms with Crippen LogP contribution in [0.5, 0.6) is 0 Å². The minimum absolute atomic E-state index is 0.0272. The van der Waals surface area contributed by atoms with E-state index in [4.69, 9.17) is 5.84 Å². The summed E-state index contributed by atoms with van der Waals surface area (Å²) in [7, 11) is -2.89. The number of nitrogens with one attached hydrogen (secondary N) is 1. The molecule has 0 radical (unpaired) electrons. The van der Waals surface area contributed by atoms with E-state index in [-0.39, 0.29) is 17.2 Å². The summed E-state index contributed by atoms with van der Waals surface area (Å²) in [6.45, 7) is 6.24. The van der Waals surface area contributed by atoms with Gasteiger partial charge < -0.3 is 0 Å². The van der Waals surface area contributed by atoms with Crippen molar-refractivity contribution >= 4 is 9.84 Å². The maximum Gasteiger partial charge on any atom is 0.147 e. The van der Waals surface area contributed by atoms with Crippen LogP contribution in [0.4, 0.5) is 0 Å². The molecule has 14 heavy (non-hydrogen) atoms. The number of hydrazine groups is 1. The molecule has 0 bridgehead atoms. The third-order valence-electron chi connectivity index (χ3n) is 2.83. The monoisotopic (exact) mass is 222 g/mol. The van der Waals surface area contributed by atoms with Gasteiger partial charge >= 0.3 is 0 Å². The molecular formula is C9H22N2O2S. The summed E-state index contributed by atoms with van der Waals surface area (Å²) in [4.78, 5) is 0. The molecule has 1 unspecified atom stereocenters. The number of hydrogen-bond donors (Lipinski definition) is 2. The lowest BCUT2D eigenvalue weighted by atomic mass is 9.81. The fourth-order valence-corrected chi connectivity index (χ4v) is 1.94. The molecule has 4 nitrogen and oxygen atoms in total. The first-order valence-corrected chi connectivity index (χ1v) is 6.93. The van der Waals surface area contributed by atoms with Crippen molar-refractivity contribution in [2.45, 2.75) is 39.7 Å². The summed E-state index contributed by atoms with van der Waals surface area (Å²) in [6, 6.07) is 0.0437. The summed E-state index contributed by atoms with van der Waals surface area (Å²) in [6.07, 6.45) is 2.78. The Balaban J connectivity index is 4.31. The number of sulfone groups is 1. The Labute approximate surface area is 87.1 Å². The zero-order valence-corrected chi connectivity index (χ0v) is 10.3. The molecule has 0 saturated carbocycles. The second-order valence-corrected chi connectivity index (χ2v) is 6.74. The summed E-state index contributed by atoms with van der Waals surface area (Å²) < 4.78 is 22.0. The lowest BCUT2D eigenvalue weighted by Crippen LogP contribution is -2.46. The van der Waals surface area contributed by atoms with Crippen LogP contribution in [0.3, 0.4) is 0 Å². The van der Waals surface area contributed by atoms with E-state index in [9.17, 15) is 8.42 Å². The molecule has 0 saturated heterocycles. The summed E-state index contributed by atoms with van der Waals surface area (Å²) in [5.41, 5.74) is 2.73. The second-order valence-electron chi connectivity index (χ2n) is 4.48. The lowest BCUT2D eigenvalue weighted by molar-refractivity contribution is 0.228. The van der Waals surface area contributed by atoms with Crippen molar-refractivity contribution in [2.75, 3.05) is 12.0 Å². The Morgan fingerprint density at radius 2 is 1.93 bits per heavy atom. The first-order chi connectivity index (χ1) is 6.23. The van der Waals surface area contributed by atoms with Gasteiger partial charge in [-0.3, -0.25) is 11.3 Å². The van der Waals surface area contributed by atoms with Crippen LogP contribution in [-0.2, 0) is 9.84 Å². The van der Waals surface area contributed by atoms with Crippen LogP contribution in [0.15, 0.2) is 0 Å². The van der Waals surface area contributed by atoms with Gasteiger partial charge in [-0.05, 0) is 18.3 Å². The lowest BCUT2D eigenvalue weighted by Gasteiger charge is -2.32. The van der Waals surface area contributed by atoms with Crippen LogP contribution < -0.4 is 11.3 Å². The third-order valence-corrected chi connectivity index (χ3v) is 3.81. The number of nitrogens with two attached hydrogens (primary N) is 1. The van der Waals surface area contributed by atoms with E-state index >= 15 is 0 Å². The van der Waals surface area contributed by atoms with Crippen molar-refractivity contribution in [1.82, 2.24) is 5.43 Å². The molecule has 0 aliphatic heterocycles.